The molecule has 1 heterocycles. The fraction of sp³-hybridized carbons (Fsp3) is 0.231. The highest BCUT2D eigenvalue weighted by Crippen LogP contribution is 2.39. The Hall–Kier alpha value is -1.56. The van der Waals surface area contributed by atoms with Crippen molar-refractivity contribution in [3.8, 4) is 11.6 Å². The Morgan fingerprint density at radius 1 is 1.11 bits per heavy atom. The van der Waals surface area contributed by atoms with E-state index in [9.17, 15) is 8.78 Å². The summed E-state index contributed by atoms with van der Waals surface area (Å²) in [5, 5.41) is 0. The lowest BCUT2D eigenvalue weighted by Gasteiger charge is -2.07. The minimum absolute atomic E-state index is 0.200. The lowest BCUT2D eigenvalue weighted by Crippen LogP contribution is -1.97. The summed E-state index contributed by atoms with van der Waals surface area (Å²) in [5.74, 6) is -0.249. The fourth-order valence-corrected chi connectivity index (χ4v) is 2.03. The first-order valence-electron chi connectivity index (χ1n) is 5.79. The second-order valence-electron chi connectivity index (χ2n) is 4.34. The summed E-state index contributed by atoms with van der Waals surface area (Å²) in [6.45, 7) is 0. The molecule has 1 aliphatic rings. The van der Waals surface area contributed by atoms with E-state index in [1.165, 1.54) is 6.07 Å². The number of hydrogen-bond acceptors (Lipinski definition) is 3. The van der Waals surface area contributed by atoms with Gasteiger partial charge in [-0.05, 0) is 40.9 Å². The SMILES string of the molecule is Fc1ccc(Oc2cc(Br)nc(C3CC3)n2)cc1F. The van der Waals surface area contributed by atoms with Gasteiger partial charge < -0.3 is 4.74 Å². The summed E-state index contributed by atoms with van der Waals surface area (Å²) in [6, 6.07) is 4.95. The van der Waals surface area contributed by atoms with Gasteiger partial charge in [0.25, 0.3) is 0 Å². The van der Waals surface area contributed by atoms with Crippen LogP contribution in [-0.2, 0) is 0 Å². The number of rotatable bonds is 3. The van der Waals surface area contributed by atoms with Crippen molar-refractivity contribution >= 4 is 15.9 Å². The van der Waals surface area contributed by atoms with E-state index in [1.54, 1.807) is 6.07 Å². The molecule has 0 saturated heterocycles. The largest absolute Gasteiger partial charge is 0.439 e. The Kier molecular flexibility index (Phi) is 3.18. The van der Waals surface area contributed by atoms with Crippen molar-refractivity contribution in [3.63, 3.8) is 0 Å². The Labute approximate surface area is 116 Å². The van der Waals surface area contributed by atoms with Gasteiger partial charge in [-0.2, -0.15) is 4.98 Å². The smallest absolute Gasteiger partial charge is 0.223 e. The van der Waals surface area contributed by atoms with Gasteiger partial charge in [0.2, 0.25) is 5.88 Å². The normalized spacial score (nSPS) is 14.5. The Morgan fingerprint density at radius 3 is 2.58 bits per heavy atom. The van der Waals surface area contributed by atoms with Crippen LogP contribution in [0.4, 0.5) is 8.78 Å². The Bertz CT molecular complexity index is 632. The van der Waals surface area contributed by atoms with E-state index in [2.05, 4.69) is 25.9 Å². The van der Waals surface area contributed by atoms with E-state index >= 15 is 0 Å². The standard InChI is InChI=1S/C13H9BrF2N2O/c14-11-6-12(18-13(17-11)7-1-2-7)19-8-3-4-9(15)10(16)5-8/h3-7H,1-2H2. The highest BCUT2D eigenvalue weighted by Gasteiger charge is 2.27. The molecule has 1 saturated carbocycles. The first-order valence-corrected chi connectivity index (χ1v) is 6.58. The molecule has 3 nitrogen and oxygen atoms in total. The van der Waals surface area contributed by atoms with E-state index in [0.29, 0.717) is 22.2 Å². The van der Waals surface area contributed by atoms with Crippen LogP contribution < -0.4 is 4.74 Å². The van der Waals surface area contributed by atoms with Crippen molar-refractivity contribution in [1.29, 1.82) is 0 Å². The van der Waals surface area contributed by atoms with E-state index < -0.39 is 11.6 Å². The highest BCUT2D eigenvalue weighted by molar-refractivity contribution is 9.10. The van der Waals surface area contributed by atoms with E-state index in [0.717, 1.165) is 25.0 Å². The number of nitrogens with zero attached hydrogens (tertiary/aromatic N) is 2. The van der Waals surface area contributed by atoms with Gasteiger partial charge in [-0.15, -0.1) is 0 Å². The second kappa shape index (κ2) is 4.85. The third-order valence-corrected chi connectivity index (χ3v) is 3.15. The molecule has 0 amide bonds. The fourth-order valence-electron chi connectivity index (χ4n) is 1.65. The number of hydrogen-bond donors (Lipinski definition) is 0. The Morgan fingerprint density at radius 2 is 1.89 bits per heavy atom. The molecule has 0 radical (unpaired) electrons. The molecular weight excluding hydrogens is 318 g/mol. The molecule has 0 N–H and O–H groups in total. The average molecular weight is 327 g/mol. The van der Waals surface area contributed by atoms with Gasteiger partial charge in [-0.1, -0.05) is 0 Å². The van der Waals surface area contributed by atoms with Crippen LogP contribution in [0.1, 0.15) is 24.6 Å². The van der Waals surface area contributed by atoms with Crippen molar-refractivity contribution in [3.05, 3.63) is 46.3 Å². The molecule has 19 heavy (non-hydrogen) atoms. The molecule has 1 aromatic carbocycles. The van der Waals surface area contributed by atoms with Crippen LogP contribution in [0.5, 0.6) is 11.6 Å². The van der Waals surface area contributed by atoms with Crippen LogP contribution in [0.15, 0.2) is 28.9 Å². The summed E-state index contributed by atoms with van der Waals surface area (Å²) >= 11 is 3.28. The second-order valence-corrected chi connectivity index (χ2v) is 5.15. The van der Waals surface area contributed by atoms with Gasteiger partial charge in [0.1, 0.15) is 16.2 Å². The number of aromatic nitrogens is 2. The molecule has 0 aliphatic heterocycles. The van der Waals surface area contributed by atoms with Crippen molar-refractivity contribution in [2.75, 3.05) is 0 Å². The zero-order chi connectivity index (χ0) is 13.4. The predicted molar refractivity (Wildman–Crippen MR) is 68.1 cm³/mol. The highest BCUT2D eigenvalue weighted by atomic mass is 79.9. The zero-order valence-corrected chi connectivity index (χ0v) is 11.3. The third kappa shape index (κ3) is 2.89. The van der Waals surface area contributed by atoms with Crippen molar-refractivity contribution in [1.82, 2.24) is 9.97 Å². The van der Waals surface area contributed by atoms with E-state index in [-0.39, 0.29) is 5.75 Å². The monoisotopic (exact) mass is 326 g/mol. The summed E-state index contributed by atoms with van der Waals surface area (Å²) in [7, 11) is 0. The summed E-state index contributed by atoms with van der Waals surface area (Å²) in [4.78, 5) is 8.52. The molecule has 1 fully saturated rings. The molecule has 1 aliphatic carbocycles. The Balaban J connectivity index is 1.87. The van der Waals surface area contributed by atoms with Crippen molar-refractivity contribution in [2.24, 2.45) is 0 Å². The predicted octanol–water partition coefficient (Wildman–Crippen LogP) is 4.19. The van der Waals surface area contributed by atoms with Gasteiger partial charge in [0.15, 0.2) is 11.6 Å². The van der Waals surface area contributed by atoms with E-state index in [4.69, 9.17) is 4.74 Å². The maximum absolute atomic E-state index is 13.1. The quantitative estimate of drug-likeness (QED) is 0.793. The first kappa shape index (κ1) is 12.5. The molecule has 0 atom stereocenters. The number of ether oxygens (including phenoxy) is 1. The summed E-state index contributed by atoms with van der Waals surface area (Å²) < 4.78 is 31.9. The van der Waals surface area contributed by atoms with E-state index in [1.807, 2.05) is 0 Å². The number of halogens is 3. The topological polar surface area (TPSA) is 35.0 Å². The lowest BCUT2D eigenvalue weighted by molar-refractivity contribution is 0.444. The van der Waals surface area contributed by atoms with Crippen LogP contribution >= 0.6 is 15.9 Å². The molecule has 2 aromatic rings. The van der Waals surface area contributed by atoms with Crippen LogP contribution in [0.2, 0.25) is 0 Å². The maximum atomic E-state index is 13.1. The van der Waals surface area contributed by atoms with Gasteiger partial charge in [0.05, 0.1) is 0 Å². The van der Waals surface area contributed by atoms with Crippen LogP contribution in [0.3, 0.4) is 0 Å². The summed E-state index contributed by atoms with van der Waals surface area (Å²) in [6.07, 6.45) is 2.14. The molecule has 0 unspecified atom stereocenters. The first-order chi connectivity index (χ1) is 9.11. The van der Waals surface area contributed by atoms with Crippen LogP contribution in [-0.4, -0.2) is 9.97 Å². The van der Waals surface area contributed by atoms with Gasteiger partial charge in [0, 0.05) is 18.1 Å². The van der Waals surface area contributed by atoms with Crippen molar-refractivity contribution in [2.45, 2.75) is 18.8 Å². The molecular formula is C13H9BrF2N2O. The molecule has 1 aromatic heterocycles. The summed E-state index contributed by atoms with van der Waals surface area (Å²) in [5.41, 5.74) is 0. The molecule has 0 bridgehead atoms. The van der Waals surface area contributed by atoms with Gasteiger partial charge in [-0.3, -0.25) is 0 Å². The zero-order valence-electron chi connectivity index (χ0n) is 9.74. The van der Waals surface area contributed by atoms with Crippen LogP contribution in [0.25, 0.3) is 0 Å². The maximum Gasteiger partial charge on any atom is 0.223 e. The minimum Gasteiger partial charge on any atom is -0.439 e. The molecule has 98 valence electrons. The molecule has 0 spiro atoms. The number of benzene rings is 1. The molecule has 6 heteroatoms. The third-order valence-electron chi connectivity index (χ3n) is 2.74. The average Bonchev–Trinajstić information content (AvgIpc) is 3.17. The van der Waals surface area contributed by atoms with Gasteiger partial charge in [-0.25, -0.2) is 13.8 Å². The molecule has 3 rings (SSSR count). The van der Waals surface area contributed by atoms with Gasteiger partial charge >= 0.3 is 0 Å². The van der Waals surface area contributed by atoms with Crippen LogP contribution in [0, 0.1) is 11.6 Å². The lowest BCUT2D eigenvalue weighted by atomic mass is 10.3. The van der Waals surface area contributed by atoms with Crippen molar-refractivity contribution < 1.29 is 13.5 Å². The minimum atomic E-state index is -0.951.